The van der Waals surface area contributed by atoms with E-state index in [0.717, 1.165) is 35.3 Å². The van der Waals surface area contributed by atoms with Gasteiger partial charge in [-0.05, 0) is 24.3 Å². The minimum atomic E-state index is -0.913. The Balaban J connectivity index is 1.65. The van der Waals surface area contributed by atoms with Gasteiger partial charge in [-0.3, -0.25) is 4.68 Å². The summed E-state index contributed by atoms with van der Waals surface area (Å²) in [6.45, 7) is 1.13. The fourth-order valence-electron chi connectivity index (χ4n) is 2.84. The first-order chi connectivity index (χ1) is 10.7. The van der Waals surface area contributed by atoms with Crippen LogP contribution in [0.2, 0.25) is 0 Å². The number of aromatic nitrogens is 4. The number of aryl methyl sites for hydroxylation is 1. The van der Waals surface area contributed by atoms with Gasteiger partial charge in [0.05, 0.1) is 28.1 Å². The van der Waals surface area contributed by atoms with E-state index >= 15 is 0 Å². The van der Waals surface area contributed by atoms with Crippen LogP contribution >= 0.6 is 11.3 Å². The summed E-state index contributed by atoms with van der Waals surface area (Å²) in [4.78, 5) is 19.9. The van der Waals surface area contributed by atoms with Crippen molar-refractivity contribution in [1.29, 1.82) is 0 Å². The molecule has 0 atom stereocenters. The molecule has 22 heavy (non-hydrogen) atoms. The van der Waals surface area contributed by atoms with Gasteiger partial charge < -0.3 is 10.4 Å². The first kappa shape index (κ1) is 13.2. The molecule has 0 radical (unpaired) electrons. The van der Waals surface area contributed by atoms with Gasteiger partial charge in [-0.25, -0.2) is 14.8 Å². The maximum atomic E-state index is 11.5. The molecule has 0 saturated heterocycles. The molecule has 0 aromatic carbocycles. The Kier molecular flexibility index (Phi) is 3.04. The number of anilines is 1. The number of carboxylic acids is 1. The Bertz CT molecular complexity index is 869. The zero-order valence-electron chi connectivity index (χ0n) is 11.6. The number of fused-ring (bicyclic) bond motifs is 2. The van der Waals surface area contributed by atoms with E-state index in [1.165, 1.54) is 6.33 Å². The zero-order chi connectivity index (χ0) is 15.1. The highest BCUT2D eigenvalue weighted by Gasteiger charge is 2.26. The minimum absolute atomic E-state index is 0.335. The fraction of sp³-hybridized carbons (Fsp3) is 0.286. The summed E-state index contributed by atoms with van der Waals surface area (Å²) in [5.74, 6) is -0.201. The average Bonchev–Trinajstić information content (AvgIpc) is 3.18. The Morgan fingerprint density at radius 2 is 2.36 bits per heavy atom. The summed E-state index contributed by atoms with van der Waals surface area (Å²) in [5.41, 5.74) is 2.61. The maximum Gasteiger partial charge on any atom is 0.339 e. The summed E-state index contributed by atoms with van der Waals surface area (Å²) in [7, 11) is 0. The molecule has 4 heterocycles. The van der Waals surface area contributed by atoms with Crippen LogP contribution in [0.15, 0.2) is 17.8 Å². The van der Waals surface area contributed by atoms with E-state index < -0.39 is 5.97 Å². The van der Waals surface area contributed by atoms with Crippen LogP contribution in [0.1, 0.15) is 28.2 Å². The first-order valence-electron chi connectivity index (χ1n) is 6.98. The van der Waals surface area contributed by atoms with Gasteiger partial charge in [0.2, 0.25) is 0 Å². The number of hydrogen-bond donors (Lipinski definition) is 2. The second-order valence-corrected chi connectivity index (χ2v) is 6.03. The molecular formula is C14H13N5O2S. The third-order valence-electron chi connectivity index (χ3n) is 3.79. The summed E-state index contributed by atoms with van der Waals surface area (Å²) >= 11 is 1.55. The molecule has 0 fully saturated rings. The minimum Gasteiger partial charge on any atom is -0.478 e. The van der Waals surface area contributed by atoms with E-state index in [1.807, 2.05) is 11.4 Å². The van der Waals surface area contributed by atoms with Crippen molar-refractivity contribution in [2.75, 3.05) is 5.32 Å². The van der Waals surface area contributed by atoms with E-state index in [2.05, 4.69) is 20.4 Å². The molecule has 3 aromatic rings. The predicted molar refractivity (Wildman–Crippen MR) is 82.2 cm³/mol. The maximum absolute atomic E-state index is 11.5. The van der Waals surface area contributed by atoms with Crippen molar-refractivity contribution >= 4 is 33.3 Å². The molecule has 0 bridgehead atoms. The van der Waals surface area contributed by atoms with Gasteiger partial charge in [0, 0.05) is 6.54 Å². The average molecular weight is 315 g/mol. The van der Waals surface area contributed by atoms with Gasteiger partial charge in [0.15, 0.2) is 0 Å². The number of carbonyl (C=O) groups is 1. The van der Waals surface area contributed by atoms with Crippen molar-refractivity contribution in [2.45, 2.75) is 25.9 Å². The van der Waals surface area contributed by atoms with Gasteiger partial charge in [0.1, 0.15) is 17.7 Å². The molecule has 112 valence electrons. The van der Waals surface area contributed by atoms with Crippen molar-refractivity contribution in [3.63, 3.8) is 0 Å². The Labute approximate surface area is 129 Å². The van der Waals surface area contributed by atoms with Crippen LogP contribution in [0.25, 0.3) is 10.2 Å². The Morgan fingerprint density at radius 3 is 3.23 bits per heavy atom. The monoisotopic (exact) mass is 315 g/mol. The molecule has 2 N–H and O–H groups in total. The van der Waals surface area contributed by atoms with Gasteiger partial charge >= 0.3 is 5.97 Å². The normalized spacial score (nSPS) is 13.5. The lowest BCUT2D eigenvalue weighted by atomic mass is 10.1. The van der Waals surface area contributed by atoms with E-state index in [-0.39, 0.29) is 0 Å². The third-order valence-corrected chi connectivity index (χ3v) is 4.70. The number of hydrogen-bond acceptors (Lipinski definition) is 6. The lowest BCUT2D eigenvalue weighted by Crippen LogP contribution is -2.08. The number of carboxylic acid groups (broad SMARTS) is 1. The number of nitrogens with one attached hydrogen (secondary N) is 1. The quantitative estimate of drug-likeness (QED) is 0.766. The second kappa shape index (κ2) is 5.06. The third kappa shape index (κ3) is 2.03. The number of aromatic carboxylic acids is 1. The molecule has 0 unspecified atom stereocenters. The van der Waals surface area contributed by atoms with Crippen molar-refractivity contribution < 1.29 is 9.90 Å². The molecule has 0 spiro atoms. The van der Waals surface area contributed by atoms with E-state index in [9.17, 15) is 9.90 Å². The summed E-state index contributed by atoms with van der Waals surface area (Å²) in [6, 6.07) is 1.93. The van der Waals surface area contributed by atoms with Gasteiger partial charge in [-0.15, -0.1) is 11.3 Å². The highest BCUT2D eigenvalue weighted by molar-refractivity contribution is 7.17. The van der Waals surface area contributed by atoms with Crippen LogP contribution < -0.4 is 5.32 Å². The molecule has 4 rings (SSSR count). The van der Waals surface area contributed by atoms with E-state index in [1.54, 1.807) is 16.0 Å². The molecule has 0 aliphatic carbocycles. The summed E-state index contributed by atoms with van der Waals surface area (Å²) in [5, 5.41) is 19.0. The smallest absolute Gasteiger partial charge is 0.339 e. The number of rotatable bonds is 4. The molecule has 0 amide bonds. The molecule has 1 aliphatic heterocycles. The van der Waals surface area contributed by atoms with Gasteiger partial charge in [0.25, 0.3) is 0 Å². The zero-order valence-corrected chi connectivity index (χ0v) is 12.4. The summed E-state index contributed by atoms with van der Waals surface area (Å²) < 4.78 is 2.77. The Morgan fingerprint density at radius 1 is 1.45 bits per heavy atom. The van der Waals surface area contributed by atoms with Crippen molar-refractivity contribution in [3.8, 4) is 0 Å². The second-order valence-electron chi connectivity index (χ2n) is 5.11. The van der Waals surface area contributed by atoms with Gasteiger partial charge in [-0.2, -0.15) is 5.10 Å². The lowest BCUT2D eigenvalue weighted by molar-refractivity contribution is 0.0694. The highest BCUT2D eigenvalue weighted by atomic mass is 32.1. The molecule has 0 saturated carbocycles. The largest absolute Gasteiger partial charge is 0.478 e. The van der Waals surface area contributed by atoms with Gasteiger partial charge in [-0.1, -0.05) is 0 Å². The van der Waals surface area contributed by atoms with Crippen LogP contribution in [-0.4, -0.2) is 30.8 Å². The number of thiophene rings is 1. The van der Waals surface area contributed by atoms with Crippen LogP contribution in [0.3, 0.4) is 0 Å². The highest BCUT2D eigenvalue weighted by Crippen LogP contribution is 2.26. The van der Waals surface area contributed by atoms with E-state index in [4.69, 9.17) is 0 Å². The molecule has 7 nitrogen and oxygen atoms in total. The molecular weight excluding hydrogens is 302 g/mol. The predicted octanol–water partition coefficient (Wildman–Crippen LogP) is 2.14. The van der Waals surface area contributed by atoms with Crippen molar-refractivity contribution in [2.24, 2.45) is 0 Å². The Hall–Kier alpha value is -2.48. The lowest BCUT2D eigenvalue weighted by Gasteiger charge is -2.05. The van der Waals surface area contributed by atoms with Crippen LogP contribution in [0, 0.1) is 0 Å². The standard InChI is InChI=1S/C14H13N5O2S/c20-14(21)11-9(18-19-4-1-2-10(11)19)6-15-13-12-8(3-5-22-12)16-7-17-13/h3,5,7H,1-2,4,6H2,(H,20,21)(H,15,16,17). The van der Waals surface area contributed by atoms with Crippen molar-refractivity contribution in [1.82, 2.24) is 19.7 Å². The SMILES string of the molecule is O=C(O)c1c(CNc2ncnc3ccsc23)nn2c1CCC2. The molecule has 3 aromatic heterocycles. The van der Waals surface area contributed by atoms with Crippen LogP contribution in [0.5, 0.6) is 0 Å². The summed E-state index contributed by atoms with van der Waals surface area (Å²) in [6.07, 6.45) is 3.23. The van der Waals surface area contributed by atoms with Crippen LogP contribution in [-0.2, 0) is 19.5 Å². The molecule has 1 aliphatic rings. The van der Waals surface area contributed by atoms with E-state index in [0.29, 0.717) is 23.6 Å². The fourth-order valence-corrected chi connectivity index (χ4v) is 3.65. The molecule has 8 heteroatoms. The van der Waals surface area contributed by atoms with Crippen molar-refractivity contribution in [3.05, 3.63) is 34.7 Å². The topological polar surface area (TPSA) is 92.9 Å². The number of nitrogens with zero attached hydrogens (tertiary/aromatic N) is 4. The first-order valence-corrected chi connectivity index (χ1v) is 7.86. The van der Waals surface area contributed by atoms with Crippen LogP contribution in [0.4, 0.5) is 5.82 Å².